The van der Waals surface area contributed by atoms with Crippen LogP contribution in [0.2, 0.25) is 0 Å². The van der Waals surface area contributed by atoms with Gasteiger partial charge in [-0.1, -0.05) is 48.5 Å². The third-order valence-electron chi connectivity index (χ3n) is 7.83. The molecule has 0 saturated heterocycles. The first-order valence-electron chi connectivity index (χ1n) is 11.6. The van der Waals surface area contributed by atoms with E-state index in [1.807, 2.05) is 25.1 Å². The van der Waals surface area contributed by atoms with E-state index in [0.717, 1.165) is 37.9 Å². The molecule has 0 radical (unpaired) electrons. The molecule has 0 unspecified atom stereocenters. The average molecular weight is 418 g/mol. The number of ether oxygens (including phenoxy) is 1. The molecule has 3 aliphatic rings. The standard InChI is InChI=1S/C27H31NO3/c1-3-31-28-25-16-24-23-11-9-19-15-20(30-17-18-7-5-4-6-8-18)10-12-21(19)22(23)13-14-27(24,2)26(25)29/h4-8,10,12,15,22-24H,3,9,11,13-14,16-17H2,1-2H3/b28-25+/t22-,23-,24+,27-/m1/s1. The Labute approximate surface area is 184 Å². The number of ketones is 1. The van der Waals surface area contributed by atoms with E-state index in [1.165, 1.54) is 16.7 Å². The number of rotatable bonds is 5. The quantitative estimate of drug-likeness (QED) is 0.587. The van der Waals surface area contributed by atoms with Gasteiger partial charge in [-0.3, -0.25) is 4.79 Å². The molecule has 2 fully saturated rings. The first-order chi connectivity index (χ1) is 15.1. The van der Waals surface area contributed by atoms with E-state index in [4.69, 9.17) is 9.57 Å². The summed E-state index contributed by atoms with van der Waals surface area (Å²) >= 11 is 0. The van der Waals surface area contributed by atoms with Crippen LogP contribution in [0.15, 0.2) is 53.7 Å². The average Bonchev–Trinajstić information content (AvgIpc) is 3.07. The lowest BCUT2D eigenvalue weighted by Gasteiger charge is -2.47. The molecule has 31 heavy (non-hydrogen) atoms. The second kappa shape index (κ2) is 8.14. The summed E-state index contributed by atoms with van der Waals surface area (Å²) in [6.07, 6.45) is 4.97. The highest BCUT2D eigenvalue weighted by atomic mass is 16.6. The fourth-order valence-corrected chi connectivity index (χ4v) is 6.22. The topological polar surface area (TPSA) is 47.9 Å². The number of carbonyl (C=O) groups excluding carboxylic acids is 1. The zero-order valence-electron chi connectivity index (χ0n) is 18.5. The molecular formula is C27H31NO3. The highest BCUT2D eigenvalue weighted by molar-refractivity contribution is 6.43. The number of benzene rings is 2. The Kier molecular flexibility index (Phi) is 5.33. The SMILES string of the molecule is CCO/N=C1\C[C@H]2[C@@H]3CCc4cc(OCc5ccccc5)ccc4[C@H]3CC[C@@]2(C)C1=O. The Morgan fingerprint density at radius 3 is 2.77 bits per heavy atom. The summed E-state index contributed by atoms with van der Waals surface area (Å²) in [4.78, 5) is 18.3. The smallest absolute Gasteiger partial charge is 0.186 e. The van der Waals surface area contributed by atoms with E-state index in [2.05, 4.69) is 42.4 Å². The van der Waals surface area contributed by atoms with Crippen LogP contribution < -0.4 is 4.74 Å². The van der Waals surface area contributed by atoms with Gasteiger partial charge in [0.1, 0.15) is 24.7 Å². The van der Waals surface area contributed by atoms with E-state index in [0.29, 0.717) is 36.7 Å². The molecule has 0 bridgehead atoms. The molecule has 0 aliphatic heterocycles. The van der Waals surface area contributed by atoms with Crippen molar-refractivity contribution in [3.63, 3.8) is 0 Å². The van der Waals surface area contributed by atoms with Crippen LogP contribution in [0, 0.1) is 17.3 Å². The molecule has 2 aromatic rings. The molecule has 0 aromatic heterocycles. The van der Waals surface area contributed by atoms with Gasteiger partial charge in [0.05, 0.1) is 0 Å². The number of hydrogen-bond donors (Lipinski definition) is 0. The van der Waals surface area contributed by atoms with Crippen molar-refractivity contribution in [3.8, 4) is 5.75 Å². The van der Waals surface area contributed by atoms with Crippen molar-refractivity contribution in [3.05, 3.63) is 65.2 Å². The van der Waals surface area contributed by atoms with Gasteiger partial charge in [0.15, 0.2) is 5.78 Å². The number of Topliss-reactive ketones (excluding diaryl/α,β-unsaturated/α-hetero) is 1. The number of fused-ring (bicyclic) bond motifs is 5. The molecule has 0 heterocycles. The van der Waals surface area contributed by atoms with E-state index < -0.39 is 0 Å². The lowest BCUT2D eigenvalue weighted by Crippen LogP contribution is -2.42. The van der Waals surface area contributed by atoms with Gasteiger partial charge in [-0.25, -0.2) is 0 Å². The maximum Gasteiger partial charge on any atom is 0.186 e. The Morgan fingerprint density at radius 1 is 1.13 bits per heavy atom. The summed E-state index contributed by atoms with van der Waals surface area (Å²) in [6, 6.07) is 16.9. The number of nitrogens with zero attached hydrogens (tertiary/aromatic N) is 1. The molecular weight excluding hydrogens is 386 g/mol. The lowest BCUT2D eigenvalue weighted by atomic mass is 9.55. The number of hydrogen-bond acceptors (Lipinski definition) is 4. The zero-order valence-corrected chi connectivity index (χ0v) is 18.5. The third-order valence-corrected chi connectivity index (χ3v) is 7.83. The summed E-state index contributed by atoms with van der Waals surface area (Å²) in [5, 5.41) is 4.18. The van der Waals surface area contributed by atoms with Crippen LogP contribution >= 0.6 is 0 Å². The van der Waals surface area contributed by atoms with E-state index in [9.17, 15) is 4.79 Å². The molecule has 0 amide bonds. The molecule has 5 rings (SSSR count). The molecule has 3 aliphatic carbocycles. The van der Waals surface area contributed by atoms with Gasteiger partial charge < -0.3 is 9.57 Å². The van der Waals surface area contributed by atoms with Crippen LogP contribution in [0.4, 0.5) is 0 Å². The van der Waals surface area contributed by atoms with Crippen molar-refractivity contribution in [1.29, 1.82) is 0 Å². The highest BCUT2D eigenvalue weighted by Crippen LogP contribution is 2.59. The van der Waals surface area contributed by atoms with Crippen LogP contribution in [0.25, 0.3) is 0 Å². The molecule has 4 nitrogen and oxygen atoms in total. The van der Waals surface area contributed by atoms with Crippen molar-refractivity contribution in [1.82, 2.24) is 0 Å². The van der Waals surface area contributed by atoms with Crippen LogP contribution in [-0.4, -0.2) is 18.1 Å². The van der Waals surface area contributed by atoms with Crippen molar-refractivity contribution in [2.24, 2.45) is 22.4 Å². The second-order valence-electron chi connectivity index (χ2n) is 9.50. The normalized spacial score (nSPS) is 30.5. The summed E-state index contributed by atoms with van der Waals surface area (Å²) < 4.78 is 6.07. The number of aryl methyl sites for hydroxylation is 1. The minimum atomic E-state index is -0.270. The van der Waals surface area contributed by atoms with Crippen LogP contribution in [0.3, 0.4) is 0 Å². The summed E-state index contributed by atoms with van der Waals surface area (Å²) in [5.41, 5.74) is 4.46. The molecule has 4 atom stereocenters. The van der Waals surface area contributed by atoms with E-state index in [1.54, 1.807) is 0 Å². The van der Waals surface area contributed by atoms with E-state index in [-0.39, 0.29) is 11.2 Å². The van der Waals surface area contributed by atoms with Crippen molar-refractivity contribution in [2.45, 2.75) is 58.5 Å². The first kappa shape index (κ1) is 20.3. The Morgan fingerprint density at radius 2 is 1.97 bits per heavy atom. The minimum Gasteiger partial charge on any atom is -0.489 e. The summed E-state index contributed by atoms with van der Waals surface area (Å²) in [6.45, 7) is 5.17. The predicted octanol–water partition coefficient (Wildman–Crippen LogP) is 5.69. The Bertz CT molecular complexity index is 999. The maximum absolute atomic E-state index is 13.1. The highest BCUT2D eigenvalue weighted by Gasteiger charge is 2.57. The Balaban J connectivity index is 1.34. The van der Waals surface area contributed by atoms with Crippen LogP contribution in [0.1, 0.15) is 62.1 Å². The zero-order chi connectivity index (χ0) is 21.4. The molecule has 0 N–H and O–H groups in total. The number of oxime groups is 1. The largest absolute Gasteiger partial charge is 0.489 e. The molecule has 4 heteroatoms. The van der Waals surface area contributed by atoms with Crippen LogP contribution in [-0.2, 0) is 22.7 Å². The van der Waals surface area contributed by atoms with Crippen molar-refractivity contribution >= 4 is 11.5 Å². The monoisotopic (exact) mass is 417 g/mol. The fourth-order valence-electron chi connectivity index (χ4n) is 6.22. The summed E-state index contributed by atoms with van der Waals surface area (Å²) in [7, 11) is 0. The summed E-state index contributed by atoms with van der Waals surface area (Å²) in [5.74, 6) is 2.62. The predicted molar refractivity (Wildman–Crippen MR) is 121 cm³/mol. The van der Waals surface area contributed by atoms with Crippen molar-refractivity contribution < 1.29 is 14.4 Å². The van der Waals surface area contributed by atoms with Gasteiger partial charge in [0.2, 0.25) is 0 Å². The maximum atomic E-state index is 13.1. The van der Waals surface area contributed by atoms with Gasteiger partial charge in [-0.05, 0) is 79.2 Å². The lowest BCUT2D eigenvalue weighted by molar-refractivity contribution is -0.125. The number of carbonyl (C=O) groups is 1. The second-order valence-corrected chi connectivity index (χ2v) is 9.50. The van der Waals surface area contributed by atoms with E-state index >= 15 is 0 Å². The van der Waals surface area contributed by atoms with Gasteiger partial charge >= 0.3 is 0 Å². The minimum absolute atomic E-state index is 0.222. The Hall–Kier alpha value is -2.62. The van der Waals surface area contributed by atoms with Gasteiger partial charge in [-0.2, -0.15) is 0 Å². The fraction of sp³-hybridized carbons (Fsp3) is 0.481. The molecule has 162 valence electrons. The van der Waals surface area contributed by atoms with Gasteiger partial charge in [0.25, 0.3) is 0 Å². The third kappa shape index (κ3) is 3.56. The molecule has 2 aromatic carbocycles. The molecule has 2 saturated carbocycles. The van der Waals surface area contributed by atoms with Gasteiger partial charge in [0, 0.05) is 11.8 Å². The first-order valence-corrected chi connectivity index (χ1v) is 11.6. The molecule has 0 spiro atoms. The van der Waals surface area contributed by atoms with Crippen LogP contribution in [0.5, 0.6) is 5.75 Å². The van der Waals surface area contributed by atoms with Gasteiger partial charge in [-0.15, -0.1) is 0 Å². The van der Waals surface area contributed by atoms with Crippen molar-refractivity contribution in [2.75, 3.05) is 6.61 Å².